The van der Waals surface area contributed by atoms with Crippen molar-refractivity contribution in [2.75, 3.05) is 23.3 Å². The standard InChI is InChI=1S/C18H22N4O2/c1-12-9-13(2)11-15(10-12)20-18-19-6-3-16(21-18)22-7-4-14(5-8-22)17(23)24/h3,6,9-11,14H,4-5,7-8H2,1-2H3,(H,23,24)(H,19,20,21). The van der Waals surface area contributed by atoms with Crippen LogP contribution in [0.2, 0.25) is 0 Å². The summed E-state index contributed by atoms with van der Waals surface area (Å²) >= 11 is 0. The maximum atomic E-state index is 11.1. The highest BCUT2D eigenvalue weighted by Crippen LogP contribution is 2.23. The van der Waals surface area contributed by atoms with E-state index in [9.17, 15) is 4.79 Å². The molecule has 0 aliphatic carbocycles. The van der Waals surface area contributed by atoms with Crippen LogP contribution in [0.4, 0.5) is 17.5 Å². The summed E-state index contributed by atoms with van der Waals surface area (Å²) in [5.41, 5.74) is 3.34. The molecule has 2 N–H and O–H groups in total. The zero-order chi connectivity index (χ0) is 17.1. The quantitative estimate of drug-likeness (QED) is 0.899. The molecule has 0 spiro atoms. The van der Waals surface area contributed by atoms with Crippen molar-refractivity contribution in [2.45, 2.75) is 26.7 Å². The fraction of sp³-hybridized carbons (Fsp3) is 0.389. The van der Waals surface area contributed by atoms with E-state index in [0.29, 0.717) is 31.9 Å². The molecule has 24 heavy (non-hydrogen) atoms. The molecule has 1 aliphatic rings. The molecule has 0 saturated carbocycles. The van der Waals surface area contributed by atoms with Gasteiger partial charge in [0, 0.05) is 25.0 Å². The van der Waals surface area contributed by atoms with Gasteiger partial charge in [0.2, 0.25) is 5.95 Å². The smallest absolute Gasteiger partial charge is 0.306 e. The molecule has 0 radical (unpaired) electrons. The maximum Gasteiger partial charge on any atom is 0.306 e. The van der Waals surface area contributed by atoms with Crippen LogP contribution in [0.5, 0.6) is 0 Å². The van der Waals surface area contributed by atoms with Gasteiger partial charge in [-0.1, -0.05) is 6.07 Å². The minimum Gasteiger partial charge on any atom is -0.481 e. The number of carboxylic acids is 1. The largest absolute Gasteiger partial charge is 0.481 e. The zero-order valence-electron chi connectivity index (χ0n) is 14.0. The summed E-state index contributed by atoms with van der Waals surface area (Å²) in [6.45, 7) is 5.53. The first kappa shape index (κ1) is 16.2. The van der Waals surface area contributed by atoms with Gasteiger partial charge in [-0.15, -0.1) is 0 Å². The molecule has 6 heteroatoms. The summed E-state index contributed by atoms with van der Waals surface area (Å²) < 4.78 is 0. The third-order valence-electron chi connectivity index (χ3n) is 4.29. The van der Waals surface area contributed by atoms with Crippen LogP contribution in [0.15, 0.2) is 30.5 Å². The molecule has 1 fully saturated rings. The van der Waals surface area contributed by atoms with Crippen LogP contribution >= 0.6 is 0 Å². The van der Waals surface area contributed by atoms with Gasteiger partial charge in [-0.3, -0.25) is 4.79 Å². The van der Waals surface area contributed by atoms with E-state index in [1.807, 2.05) is 6.07 Å². The number of anilines is 3. The molecule has 1 aliphatic heterocycles. The molecule has 126 valence electrons. The van der Waals surface area contributed by atoms with Crippen LogP contribution in [0, 0.1) is 19.8 Å². The van der Waals surface area contributed by atoms with E-state index in [1.54, 1.807) is 6.20 Å². The van der Waals surface area contributed by atoms with Crippen molar-refractivity contribution in [3.8, 4) is 0 Å². The summed E-state index contributed by atoms with van der Waals surface area (Å²) in [7, 11) is 0. The molecule has 2 aromatic rings. The Bertz CT molecular complexity index is 719. The van der Waals surface area contributed by atoms with Crippen molar-refractivity contribution in [1.29, 1.82) is 0 Å². The molecule has 0 atom stereocenters. The predicted molar refractivity (Wildman–Crippen MR) is 93.8 cm³/mol. The molecule has 2 heterocycles. The lowest BCUT2D eigenvalue weighted by Gasteiger charge is -2.31. The van der Waals surface area contributed by atoms with Crippen molar-refractivity contribution in [1.82, 2.24) is 9.97 Å². The van der Waals surface area contributed by atoms with Gasteiger partial charge >= 0.3 is 5.97 Å². The van der Waals surface area contributed by atoms with Gasteiger partial charge in [0.25, 0.3) is 0 Å². The zero-order valence-corrected chi connectivity index (χ0v) is 14.0. The minimum absolute atomic E-state index is 0.240. The highest BCUT2D eigenvalue weighted by molar-refractivity contribution is 5.70. The fourth-order valence-electron chi connectivity index (χ4n) is 3.12. The Balaban J connectivity index is 1.71. The number of nitrogens with one attached hydrogen (secondary N) is 1. The van der Waals surface area contributed by atoms with Crippen LogP contribution < -0.4 is 10.2 Å². The third kappa shape index (κ3) is 3.82. The number of benzene rings is 1. The number of nitrogens with zero attached hydrogens (tertiary/aromatic N) is 3. The summed E-state index contributed by atoms with van der Waals surface area (Å²) in [5, 5.41) is 12.3. The van der Waals surface area contributed by atoms with Gasteiger partial charge in [-0.05, 0) is 56.0 Å². The Hall–Kier alpha value is -2.63. The summed E-state index contributed by atoms with van der Waals surface area (Å²) in [6.07, 6.45) is 3.04. The summed E-state index contributed by atoms with van der Waals surface area (Å²) in [5.74, 6) is 0.448. The van der Waals surface area contributed by atoms with Crippen LogP contribution in [-0.2, 0) is 4.79 Å². The van der Waals surface area contributed by atoms with Crippen molar-refractivity contribution in [3.05, 3.63) is 41.6 Å². The second-order valence-corrected chi connectivity index (χ2v) is 6.34. The first-order valence-electron chi connectivity index (χ1n) is 8.17. The van der Waals surface area contributed by atoms with E-state index in [2.05, 4.69) is 52.2 Å². The molecule has 6 nitrogen and oxygen atoms in total. The number of hydrogen-bond acceptors (Lipinski definition) is 5. The van der Waals surface area contributed by atoms with Gasteiger partial charge in [0.05, 0.1) is 5.92 Å². The van der Waals surface area contributed by atoms with Crippen molar-refractivity contribution in [2.24, 2.45) is 5.92 Å². The van der Waals surface area contributed by atoms with Gasteiger partial charge in [0.15, 0.2) is 0 Å². The second kappa shape index (κ2) is 6.86. The Labute approximate surface area is 141 Å². The Morgan fingerprint density at radius 1 is 1.21 bits per heavy atom. The average molecular weight is 326 g/mol. The molecular formula is C18H22N4O2. The molecule has 1 saturated heterocycles. The van der Waals surface area contributed by atoms with Crippen molar-refractivity contribution >= 4 is 23.4 Å². The first-order chi connectivity index (χ1) is 11.5. The highest BCUT2D eigenvalue weighted by Gasteiger charge is 2.25. The van der Waals surface area contributed by atoms with E-state index >= 15 is 0 Å². The second-order valence-electron chi connectivity index (χ2n) is 6.34. The SMILES string of the molecule is Cc1cc(C)cc(Nc2nccc(N3CCC(C(=O)O)CC3)n2)c1. The molecule has 0 bridgehead atoms. The van der Waals surface area contributed by atoms with E-state index in [4.69, 9.17) is 5.11 Å². The van der Waals surface area contributed by atoms with Crippen LogP contribution in [0.25, 0.3) is 0 Å². The Kier molecular flexibility index (Phi) is 4.64. The highest BCUT2D eigenvalue weighted by atomic mass is 16.4. The molecule has 3 rings (SSSR count). The number of piperidine rings is 1. The van der Waals surface area contributed by atoms with E-state index in [1.165, 1.54) is 11.1 Å². The van der Waals surface area contributed by atoms with E-state index in [0.717, 1.165) is 11.5 Å². The number of carbonyl (C=O) groups is 1. The van der Waals surface area contributed by atoms with Crippen LogP contribution in [0.1, 0.15) is 24.0 Å². The lowest BCUT2D eigenvalue weighted by atomic mass is 9.97. The summed E-state index contributed by atoms with van der Waals surface area (Å²) in [4.78, 5) is 22.0. The Morgan fingerprint density at radius 3 is 2.50 bits per heavy atom. The number of aromatic nitrogens is 2. The monoisotopic (exact) mass is 326 g/mol. The number of rotatable bonds is 4. The predicted octanol–water partition coefficient (Wildman–Crippen LogP) is 3.14. The number of aryl methyl sites for hydroxylation is 2. The topological polar surface area (TPSA) is 78.4 Å². The number of carboxylic acid groups (broad SMARTS) is 1. The first-order valence-corrected chi connectivity index (χ1v) is 8.17. The lowest BCUT2D eigenvalue weighted by molar-refractivity contribution is -0.142. The number of hydrogen-bond donors (Lipinski definition) is 2. The molecule has 1 aromatic carbocycles. The fourth-order valence-corrected chi connectivity index (χ4v) is 3.12. The normalized spacial score (nSPS) is 15.3. The maximum absolute atomic E-state index is 11.1. The lowest BCUT2D eigenvalue weighted by Crippen LogP contribution is -2.36. The summed E-state index contributed by atoms with van der Waals surface area (Å²) in [6, 6.07) is 8.10. The van der Waals surface area contributed by atoms with Gasteiger partial charge in [-0.2, -0.15) is 4.98 Å². The molecule has 0 amide bonds. The van der Waals surface area contributed by atoms with E-state index < -0.39 is 5.97 Å². The van der Waals surface area contributed by atoms with Crippen molar-refractivity contribution in [3.63, 3.8) is 0 Å². The molecule has 0 unspecified atom stereocenters. The third-order valence-corrected chi connectivity index (χ3v) is 4.29. The van der Waals surface area contributed by atoms with E-state index in [-0.39, 0.29) is 5.92 Å². The number of aliphatic carboxylic acids is 1. The minimum atomic E-state index is -0.700. The van der Waals surface area contributed by atoms with Gasteiger partial charge in [-0.25, -0.2) is 4.98 Å². The average Bonchev–Trinajstić information content (AvgIpc) is 2.54. The van der Waals surface area contributed by atoms with Crippen LogP contribution in [-0.4, -0.2) is 34.1 Å². The van der Waals surface area contributed by atoms with Gasteiger partial charge in [0.1, 0.15) is 5.82 Å². The van der Waals surface area contributed by atoms with Gasteiger partial charge < -0.3 is 15.3 Å². The van der Waals surface area contributed by atoms with Crippen LogP contribution in [0.3, 0.4) is 0 Å². The molecular weight excluding hydrogens is 304 g/mol. The molecule has 1 aromatic heterocycles. The Morgan fingerprint density at radius 2 is 1.88 bits per heavy atom. The van der Waals surface area contributed by atoms with Crippen molar-refractivity contribution < 1.29 is 9.90 Å².